The molecule has 0 spiro atoms. The van der Waals surface area contributed by atoms with Crippen molar-refractivity contribution in [1.29, 1.82) is 0 Å². The Labute approximate surface area is 102 Å². The van der Waals surface area contributed by atoms with E-state index in [1.807, 2.05) is 0 Å². The Hall–Kier alpha value is -0.0800. The molecule has 0 aromatic rings. The maximum absolute atomic E-state index is 3.58. The molecule has 1 saturated heterocycles. The van der Waals surface area contributed by atoms with E-state index < -0.39 is 0 Å². The van der Waals surface area contributed by atoms with E-state index in [-0.39, 0.29) is 0 Å². The first kappa shape index (κ1) is 14.0. The molecule has 3 atom stereocenters. The lowest BCUT2D eigenvalue weighted by Gasteiger charge is -2.28. The molecule has 1 heterocycles. The van der Waals surface area contributed by atoms with Gasteiger partial charge in [-0.3, -0.25) is 4.90 Å². The fourth-order valence-electron chi connectivity index (χ4n) is 2.66. The minimum absolute atomic E-state index is 0.768. The van der Waals surface area contributed by atoms with Gasteiger partial charge in [0.1, 0.15) is 0 Å². The number of hydrogen-bond donors (Lipinski definition) is 1. The molecular weight excluding hydrogens is 196 g/mol. The zero-order chi connectivity index (χ0) is 12.0. The SMILES string of the molecule is CCCNCC(CCC)N1CC(C)C(C)C1. The predicted octanol–water partition coefficient (Wildman–Crippen LogP) is 2.74. The van der Waals surface area contributed by atoms with Crippen LogP contribution in [0.4, 0.5) is 0 Å². The lowest BCUT2D eigenvalue weighted by atomic mass is 10.0. The highest BCUT2D eigenvalue weighted by Gasteiger charge is 2.30. The summed E-state index contributed by atoms with van der Waals surface area (Å²) >= 11 is 0. The molecule has 96 valence electrons. The van der Waals surface area contributed by atoms with Crippen LogP contribution >= 0.6 is 0 Å². The molecule has 16 heavy (non-hydrogen) atoms. The van der Waals surface area contributed by atoms with Crippen LogP contribution in [0.3, 0.4) is 0 Å². The first-order valence-electron chi connectivity index (χ1n) is 7.13. The summed E-state index contributed by atoms with van der Waals surface area (Å²) in [6.07, 6.45) is 3.89. The molecular formula is C14H30N2. The van der Waals surface area contributed by atoms with Crippen LogP contribution in [-0.2, 0) is 0 Å². The highest BCUT2D eigenvalue weighted by Crippen LogP contribution is 2.25. The summed E-state index contributed by atoms with van der Waals surface area (Å²) in [7, 11) is 0. The van der Waals surface area contributed by atoms with Crippen LogP contribution in [0.2, 0.25) is 0 Å². The van der Waals surface area contributed by atoms with Crippen molar-refractivity contribution in [3.8, 4) is 0 Å². The normalized spacial score (nSPS) is 28.5. The van der Waals surface area contributed by atoms with Crippen molar-refractivity contribution < 1.29 is 0 Å². The third-order valence-electron chi connectivity index (χ3n) is 3.96. The van der Waals surface area contributed by atoms with Crippen molar-refractivity contribution in [3.63, 3.8) is 0 Å². The summed E-state index contributed by atoms with van der Waals surface area (Å²) in [4.78, 5) is 2.71. The van der Waals surface area contributed by atoms with Gasteiger partial charge >= 0.3 is 0 Å². The fourth-order valence-corrected chi connectivity index (χ4v) is 2.66. The van der Waals surface area contributed by atoms with Gasteiger partial charge in [0.15, 0.2) is 0 Å². The van der Waals surface area contributed by atoms with Crippen LogP contribution in [0.1, 0.15) is 47.0 Å². The Morgan fingerprint density at radius 1 is 1.12 bits per heavy atom. The van der Waals surface area contributed by atoms with Crippen molar-refractivity contribution in [2.24, 2.45) is 11.8 Å². The summed E-state index contributed by atoms with van der Waals surface area (Å²) in [5.41, 5.74) is 0. The maximum Gasteiger partial charge on any atom is 0.0220 e. The Bertz CT molecular complexity index is 172. The van der Waals surface area contributed by atoms with Crippen LogP contribution < -0.4 is 5.32 Å². The third-order valence-corrected chi connectivity index (χ3v) is 3.96. The Kier molecular flexibility index (Phi) is 6.37. The van der Waals surface area contributed by atoms with Crippen LogP contribution in [0.25, 0.3) is 0 Å². The topological polar surface area (TPSA) is 15.3 Å². The molecule has 1 aliphatic heterocycles. The Morgan fingerprint density at radius 2 is 1.75 bits per heavy atom. The van der Waals surface area contributed by atoms with Gasteiger partial charge in [0.25, 0.3) is 0 Å². The number of rotatable bonds is 7. The monoisotopic (exact) mass is 226 g/mol. The number of nitrogens with one attached hydrogen (secondary N) is 1. The standard InChI is InChI=1S/C14H30N2/c1-5-7-14(9-15-8-6-2)16-10-12(3)13(4)11-16/h12-15H,5-11H2,1-4H3. The summed E-state index contributed by atoms with van der Waals surface area (Å²) < 4.78 is 0. The summed E-state index contributed by atoms with van der Waals surface area (Å²) in [6.45, 7) is 14.3. The number of likely N-dealkylation sites (tertiary alicyclic amines) is 1. The van der Waals surface area contributed by atoms with Crippen molar-refractivity contribution >= 4 is 0 Å². The molecule has 0 radical (unpaired) electrons. The molecule has 0 bridgehead atoms. The van der Waals surface area contributed by atoms with E-state index in [9.17, 15) is 0 Å². The Morgan fingerprint density at radius 3 is 2.25 bits per heavy atom. The second kappa shape index (κ2) is 7.29. The number of nitrogens with zero attached hydrogens (tertiary/aromatic N) is 1. The van der Waals surface area contributed by atoms with Gasteiger partial charge in [0.05, 0.1) is 0 Å². The first-order chi connectivity index (χ1) is 7.69. The van der Waals surface area contributed by atoms with E-state index in [0.29, 0.717) is 0 Å². The minimum atomic E-state index is 0.768. The first-order valence-corrected chi connectivity index (χ1v) is 7.13. The van der Waals surface area contributed by atoms with E-state index in [4.69, 9.17) is 0 Å². The van der Waals surface area contributed by atoms with E-state index in [2.05, 4.69) is 37.9 Å². The third kappa shape index (κ3) is 4.06. The zero-order valence-corrected chi connectivity index (χ0v) is 11.6. The fraction of sp³-hybridized carbons (Fsp3) is 1.00. The molecule has 0 amide bonds. The second-order valence-corrected chi connectivity index (χ2v) is 5.56. The summed E-state index contributed by atoms with van der Waals surface area (Å²) in [5, 5.41) is 3.58. The van der Waals surface area contributed by atoms with Crippen LogP contribution in [-0.4, -0.2) is 37.1 Å². The van der Waals surface area contributed by atoms with Crippen LogP contribution in [0, 0.1) is 11.8 Å². The smallest absolute Gasteiger partial charge is 0.0220 e. The molecule has 2 heteroatoms. The van der Waals surface area contributed by atoms with Crippen molar-refractivity contribution in [3.05, 3.63) is 0 Å². The summed E-state index contributed by atoms with van der Waals surface area (Å²) in [5.74, 6) is 1.76. The van der Waals surface area contributed by atoms with Gasteiger partial charge < -0.3 is 5.32 Å². The quantitative estimate of drug-likeness (QED) is 0.672. The van der Waals surface area contributed by atoms with Crippen molar-refractivity contribution in [2.45, 2.75) is 53.0 Å². The molecule has 1 aliphatic rings. The molecule has 0 aromatic carbocycles. The van der Waals surface area contributed by atoms with E-state index in [0.717, 1.165) is 17.9 Å². The highest BCUT2D eigenvalue weighted by atomic mass is 15.2. The minimum Gasteiger partial charge on any atom is -0.315 e. The molecule has 0 aromatic heterocycles. The average molecular weight is 226 g/mol. The van der Waals surface area contributed by atoms with Gasteiger partial charge in [0.2, 0.25) is 0 Å². The second-order valence-electron chi connectivity index (χ2n) is 5.56. The van der Waals surface area contributed by atoms with Gasteiger partial charge in [-0.1, -0.05) is 34.1 Å². The molecule has 1 rings (SSSR count). The van der Waals surface area contributed by atoms with E-state index in [1.54, 1.807) is 0 Å². The lowest BCUT2D eigenvalue weighted by Crippen LogP contribution is -2.41. The van der Waals surface area contributed by atoms with Crippen LogP contribution in [0.5, 0.6) is 0 Å². The predicted molar refractivity (Wildman–Crippen MR) is 71.8 cm³/mol. The molecule has 2 nitrogen and oxygen atoms in total. The van der Waals surface area contributed by atoms with Gasteiger partial charge in [-0.05, 0) is 31.2 Å². The molecule has 1 fully saturated rings. The van der Waals surface area contributed by atoms with Crippen molar-refractivity contribution in [2.75, 3.05) is 26.2 Å². The largest absolute Gasteiger partial charge is 0.315 e. The molecule has 0 aliphatic carbocycles. The van der Waals surface area contributed by atoms with Gasteiger partial charge in [0, 0.05) is 25.7 Å². The average Bonchev–Trinajstić information content (AvgIpc) is 2.58. The van der Waals surface area contributed by atoms with Gasteiger partial charge in [-0.15, -0.1) is 0 Å². The van der Waals surface area contributed by atoms with E-state index in [1.165, 1.54) is 45.4 Å². The summed E-state index contributed by atoms with van der Waals surface area (Å²) in [6, 6.07) is 0.768. The zero-order valence-electron chi connectivity index (χ0n) is 11.6. The molecule has 0 saturated carbocycles. The molecule has 1 N–H and O–H groups in total. The van der Waals surface area contributed by atoms with E-state index >= 15 is 0 Å². The lowest BCUT2D eigenvalue weighted by molar-refractivity contribution is 0.213. The highest BCUT2D eigenvalue weighted by molar-refractivity contribution is 4.84. The number of hydrogen-bond acceptors (Lipinski definition) is 2. The Balaban J connectivity index is 2.37. The van der Waals surface area contributed by atoms with Gasteiger partial charge in [-0.25, -0.2) is 0 Å². The van der Waals surface area contributed by atoms with Crippen LogP contribution in [0.15, 0.2) is 0 Å². The molecule has 3 unspecified atom stereocenters. The van der Waals surface area contributed by atoms with Crippen molar-refractivity contribution in [1.82, 2.24) is 10.2 Å². The van der Waals surface area contributed by atoms with Gasteiger partial charge in [-0.2, -0.15) is 0 Å². The maximum atomic E-state index is 3.58.